The summed E-state index contributed by atoms with van der Waals surface area (Å²) < 4.78 is 19.0. The second-order valence-corrected chi connectivity index (χ2v) is 25.6. The molecule has 88 heavy (non-hydrogen) atoms. The van der Waals surface area contributed by atoms with Crippen LogP contribution in [0, 0.1) is 29.6 Å². The number of rotatable bonds is 22. The number of fused-ring (bicyclic) bond motifs is 1. The molecule has 5 amide bonds. The number of aromatic nitrogens is 4. The number of carbonyl (C=O) groups excluding carboxylic acids is 5. The molecule has 2 aliphatic carbocycles. The van der Waals surface area contributed by atoms with Gasteiger partial charge in [0.1, 0.15) is 23.2 Å². The number of benzene rings is 4. The highest BCUT2D eigenvalue weighted by Crippen LogP contribution is 2.42. The number of alkyl halides is 1. The number of aliphatic hydroxyl groups is 2. The molecule has 0 radical (unpaired) electrons. The van der Waals surface area contributed by atoms with Crippen LogP contribution in [0.5, 0.6) is 0 Å². The maximum atomic E-state index is 14.8. The molecule has 460 valence electrons. The Bertz CT molecular complexity index is 3780. The molecular weight excluding hydrogens is 1130 g/mol. The Hall–Kier alpha value is -8.31. The van der Waals surface area contributed by atoms with E-state index in [0.717, 1.165) is 79.9 Å². The third kappa shape index (κ3) is 15.0. The summed E-state index contributed by atoms with van der Waals surface area (Å²) in [6.45, 7) is 8.04. The molecule has 1 saturated heterocycles. The number of β-amino-alcohol motifs (C(OH)–C–C–N with tert-alkyl or cyclic N) is 1. The zero-order valence-electron chi connectivity index (χ0n) is 50.5. The lowest BCUT2D eigenvalue weighted by atomic mass is 9.85. The minimum absolute atomic E-state index is 0.0695. The van der Waals surface area contributed by atoms with E-state index in [-0.39, 0.29) is 62.7 Å². The van der Waals surface area contributed by atoms with Crippen LogP contribution in [0.4, 0.5) is 4.39 Å². The largest absolute Gasteiger partial charge is 0.393 e. The van der Waals surface area contributed by atoms with Gasteiger partial charge >= 0.3 is 0 Å². The SMILES string of the molecule is Cc1ncsc1-c1cccc([C@H](CC(=O)NCCCNC(=O)CCCCC#Cc2cccc(Cn3c(-c4ccccc4)c(-c4ccccc4)c4c(=N)n(C5CCC(O)CC5)cnc43)c2)NC(=O)[C@@H]2C[C@@H](O)CN2C(=O)C(NC(=O)C2(F)CC2)C(C)(C)C)c1. The molecule has 0 spiro atoms. The highest BCUT2D eigenvalue weighted by molar-refractivity contribution is 7.13. The van der Waals surface area contributed by atoms with Crippen LogP contribution in [0.3, 0.4) is 0 Å². The molecule has 1 unspecified atom stereocenters. The van der Waals surface area contributed by atoms with Crippen LogP contribution < -0.4 is 26.8 Å². The summed E-state index contributed by atoms with van der Waals surface area (Å²) in [7, 11) is 0. The molecule has 19 heteroatoms. The van der Waals surface area contributed by atoms with E-state index >= 15 is 0 Å². The van der Waals surface area contributed by atoms with Gasteiger partial charge in [-0.3, -0.25) is 29.4 Å². The number of carbonyl (C=O) groups is 5. The summed E-state index contributed by atoms with van der Waals surface area (Å²) in [6, 6.07) is 33.1. The number of hydrogen-bond acceptors (Lipinski definition) is 11. The van der Waals surface area contributed by atoms with Gasteiger partial charge < -0.3 is 45.5 Å². The number of amides is 5. The number of aliphatic hydroxyl groups excluding tert-OH is 2. The topological polar surface area (TPSA) is 237 Å². The Morgan fingerprint density at radius 1 is 0.807 bits per heavy atom. The number of aryl methyl sites for hydroxylation is 1. The number of hydrogen-bond donors (Lipinski definition) is 7. The lowest BCUT2D eigenvalue weighted by Crippen LogP contribution is -2.59. The van der Waals surface area contributed by atoms with Gasteiger partial charge in [-0.15, -0.1) is 11.3 Å². The molecule has 1 aliphatic heterocycles. The van der Waals surface area contributed by atoms with Gasteiger partial charge in [-0.05, 0) is 116 Å². The van der Waals surface area contributed by atoms with Crippen LogP contribution in [0.1, 0.15) is 139 Å². The number of thiazole rings is 1. The van der Waals surface area contributed by atoms with Crippen molar-refractivity contribution in [3.63, 3.8) is 0 Å². The fourth-order valence-electron chi connectivity index (χ4n) is 12.0. The second kappa shape index (κ2) is 27.8. The molecular formula is C69H79FN10O7S. The summed E-state index contributed by atoms with van der Waals surface area (Å²) in [5, 5.41) is 43.1. The highest BCUT2D eigenvalue weighted by Gasteiger charge is 2.53. The van der Waals surface area contributed by atoms with Crippen molar-refractivity contribution in [3.8, 4) is 44.7 Å². The average Bonchev–Trinajstić information content (AvgIpc) is 1.61. The van der Waals surface area contributed by atoms with Crippen LogP contribution in [0.2, 0.25) is 0 Å². The first-order valence-electron chi connectivity index (χ1n) is 30.7. The summed E-state index contributed by atoms with van der Waals surface area (Å²) in [4.78, 5) is 79.6. The minimum Gasteiger partial charge on any atom is -0.393 e. The first kappa shape index (κ1) is 62.7. The summed E-state index contributed by atoms with van der Waals surface area (Å²) >= 11 is 1.47. The number of halogens is 1. The molecule has 4 atom stereocenters. The third-order valence-electron chi connectivity index (χ3n) is 17.0. The molecule has 4 heterocycles. The molecule has 3 aromatic heterocycles. The van der Waals surface area contributed by atoms with Crippen molar-refractivity contribution in [3.05, 3.63) is 149 Å². The lowest BCUT2D eigenvalue weighted by Gasteiger charge is -2.36. The monoisotopic (exact) mass is 1210 g/mol. The van der Waals surface area contributed by atoms with E-state index in [1.807, 2.05) is 90.6 Å². The number of likely N-dealkylation sites (tertiary alicyclic amines) is 1. The van der Waals surface area contributed by atoms with Crippen LogP contribution in [-0.4, -0.2) is 113 Å². The Morgan fingerprint density at radius 3 is 2.19 bits per heavy atom. The molecule has 7 aromatic rings. The standard InChI is InChI=1S/C69H79FN10O7S/c1-44-61(88-43-75-44)50-26-16-25-49(37-50)54(76-65(85)55-38-53(82)41-78(55)66(86)62(68(2,3)4)77-67(87)69(70)32-33-69)39-57(84)73-35-17-34-72-56(83)27-14-6-5-9-18-45-19-15-20-46(36-45)40-79-60(48-23-12-8-13-24-48)58(47-21-10-7-11-22-47)59-63(71)80(42-74-64(59)79)51-28-30-52(81)31-29-51/h7-8,10-13,15-16,19-26,36-37,42-43,51-55,62,71,81-82H,5-6,14,17,27-35,38-41H2,1-4H3,(H,72,83)(H,73,84)(H,76,85)(H,77,87)/t51?,52?,53-,54+,55+,62?/m1/s1. The maximum absolute atomic E-state index is 14.8. The Morgan fingerprint density at radius 2 is 1.50 bits per heavy atom. The molecule has 3 aliphatic rings. The Balaban J connectivity index is 0.721. The summed E-state index contributed by atoms with van der Waals surface area (Å²) in [6.07, 6.45) is 6.12. The number of nitrogens with one attached hydrogen (secondary N) is 5. The van der Waals surface area contributed by atoms with E-state index < -0.39 is 53.0 Å². The van der Waals surface area contributed by atoms with Crippen molar-refractivity contribution in [1.82, 2.24) is 45.3 Å². The molecule has 0 bridgehead atoms. The van der Waals surface area contributed by atoms with Gasteiger partial charge in [-0.2, -0.15) is 0 Å². The highest BCUT2D eigenvalue weighted by atomic mass is 32.1. The number of nitrogens with zero attached hydrogens (tertiary/aromatic N) is 5. The quantitative estimate of drug-likeness (QED) is 0.0253. The zero-order chi connectivity index (χ0) is 62.1. The average molecular weight is 1210 g/mol. The lowest BCUT2D eigenvalue weighted by molar-refractivity contribution is -0.145. The molecule has 10 rings (SSSR count). The molecule has 3 fully saturated rings. The van der Waals surface area contributed by atoms with Gasteiger partial charge in [0.2, 0.25) is 23.6 Å². The Kier molecular flexibility index (Phi) is 19.8. The van der Waals surface area contributed by atoms with E-state index in [2.05, 4.69) is 79.1 Å². The molecule has 4 aromatic carbocycles. The molecule has 2 saturated carbocycles. The fraction of sp³-hybridized carbons (Fsp3) is 0.420. The van der Waals surface area contributed by atoms with Gasteiger partial charge in [0.05, 0.1) is 58.2 Å². The van der Waals surface area contributed by atoms with Crippen LogP contribution in [0.15, 0.2) is 121 Å². The fourth-order valence-corrected chi connectivity index (χ4v) is 12.8. The van der Waals surface area contributed by atoms with Crippen molar-refractivity contribution in [2.24, 2.45) is 5.41 Å². The summed E-state index contributed by atoms with van der Waals surface area (Å²) in [5.41, 5.74) is 8.20. The van der Waals surface area contributed by atoms with E-state index in [1.165, 1.54) is 16.2 Å². The number of unbranched alkanes of at least 4 members (excludes halogenated alkanes) is 2. The van der Waals surface area contributed by atoms with Crippen molar-refractivity contribution in [2.45, 2.75) is 160 Å². The maximum Gasteiger partial charge on any atom is 0.258 e. The second-order valence-electron chi connectivity index (χ2n) is 24.8. The normalized spacial score (nSPS) is 18.6. The van der Waals surface area contributed by atoms with Crippen LogP contribution in [-0.2, 0) is 30.5 Å². The van der Waals surface area contributed by atoms with E-state index in [9.17, 15) is 44.0 Å². The van der Waals surface area contributed by atoms with Crippen LogP contribution in [0.25, 0.3) is 43.9 Å². The third-order valence-corrected chi connectivity index (χ3v) is 18.0. The van der Waals surface area contributed by atoms with Gasteiger partial charge in [-0.1, -0.05) is 124 Å². The summed E-state index contributed by atoms with van der Waals surface area (Å²) in [5.74, 6) is 4.13. The van der Waals surface area contributed by atoms with Gasteiger partial charge in [-0.25, -0.2) is 14.4 Å². The van der Waals surface area contributed by atoms with E-state index in [4.69, 9.17) is 4.98 Å². The van der Waals surface area contributed by atoms with Gasteiger partial charge in [0.15, 0.2) is 5.67 Å². The van der Waals surface area contributed by atoms with Gasteiger partial charge in [0.25, 0.3) is 5.91 Å². The van der Waals surface area contributed by atoms with Crippen LogP contribution >= 0.6 is 11.3 Å². The molecule has 17 nitrogen and oxygen atoms in total. The molecule has 7 N–H and O–H groups in total. The van der Waals surface area contributed by atoms with Crippen molar-refractivity contribution < 1.29 is 38.6 Å². The van der Waals surface area contributed by atoms with Crippen molar-refractivity contribution in [2.75, 3.05) is 19.6 Å². The zero-order valence-corrected chi connectivity index (χ0v) is 51.3. The first-order chi connectivity index (χ1) is 42.3. The predicted octanol–water partition coefficient (Wildman–Crippen LogP) is 9.38. The van der Waals surface area contributed by atoms with E-state index in [1.54, 1.807) is 26.3 Å². The van der Waals surface area contributed by atoms with Crippen molar-refractivity contribution in [1.29, 1.82) is 5.41 Å². The smallest absolute Gasteiger partial charge is 0.258 e. The van der Waals surface area contributed by atoms with E-state index in [0.29, 0.717) is 62.7 Å². The minimum atomic E-state index is -2.02. The van der Waals surface area contributed by atoms with Crippen molar-refractivity contribution >= 4 is 51.9 Å². The Labute approximate surface area is 517 Å². The predicted molar refractivity (Wildman–Crippen MR) is 338 cm³/mol. The van der Waals surface area contributed by atoms with Gasteiger partial charge in [0, 0.05) is 62.6 Å². The first-order valence-corrected chi connectivity index (χ1v) is 31.6.